The molecule has 0 aliphatic heterocycles. The van der Waals surface area contributed by atoms with Crippen LogP contribution in [0.15, 0.2) is 12.1 Å². The highest BCUT2D eigenvalue weighted by molar-refractivity contribution is 6.32. The zero-order valence-corrected chi connectivity index (χ0v) is 11.1. The molecular formula is C14H15ClN2. The first-order valence-corrected chi connectivity index (χ1v) is 5.94. The van der Waals surface area contributed by atoms with Crippen LogP contribution in [0, 0.1) is 22.7 Å². The van der Waals surface area contributed by atoms with Crippen LogP contribution >= 0.6 is 11.6 Å². The summed E-state index contributed by atoms with van der Waals surface area (Å²) in [5, 5.41) is 18.3. The summed E-state index contributed by atoms with van der Waals surface area (Å²) in [4.78, 5) is 0. The van der Waals surface area contributed by atoms with Crippen molar-refractivity contribution in [2.45, 2.75) is 39.0 Å². The fourth-order valence-corrected chi connectivity index (χ4v) is 1.98. The topological polar surface area (TPSA) is 47.6 Å². The molecule has 0 spiro atoms. The maximum absolute atomic E-state index is 9.23. The van der Waals surface area contributed by atoms with Gasteiger partial charge >= 0.3 is 0 Å². The van der Waals surface area contributed by atoms with Gasteiger partial charge in [-0.2, -0.15) is 10.5 Å². The molecule has 0 aliphatic carbocycles. The summed E-state index contributed by atoms with van der Waals surface area (Å²) in [6.07, 6.45) is 1.16. The second-order valence-electron chi connectivity index (χ2n) is 4.65. The van der Waals surface area contributed by atoms with Crippen molar-refractivity contribution in [2.75, 3.05) is 0 Å². The van der Waals surface area contributed by atoms with Gasteiger partial charge in [0, 0.05) is 0 Å². The Morgan fingerprint density at radius 3 is 2.41 bits per heavy atom. The van der Waals surface area contributed by atoms with Crippen LogP contribution < -0.4 is 0 Å². The third-order valence-corrected chi connectivity index (χ3v) is 3.65. The minimum Gasteiger partial charge on any atom is -0.198 e. The minimum atomic E-state index is -0.0835. The summed E-state index contributed by atoms with van der Waals surface area (Å²) in [6.45, 7) is 6.26. The van der Waals surface area contributed by atoms with Gasteiger partial charge in [0.25, 0.3) is 0 Å². The molecule has 0 saturated carbocycles. The Labute approximate surface area is 107 Å². The lowest BCUT2D eigenvalue weighted by Gasteiger charge is -2.25. The van der Waals surface area contributed by atoms with E-state index in [0.29, 0.717) is 10.6 Å². The molecule has 1 aromatic carbocycles. The highest BCUT2D eigenvalue weighted by Crippen LogP contribution is 2.34. The number of benzene rings is 1. The van der Waals surface area contributed by atoms with E-state index in [1.165, 1.54) is 0 Å². The molecule has 0 N–H and O–H groups in total. The monoisotopic (exact) mass is 246 g/mol. The largest absolute Gasteiger partial charge is 0.198 e. The highest BCUT2D eigenvalue weighted by atomic mass is 35.5. The fourth-order valence-electron chi connectivity index (χ4n) is 1.70. The van der Waals surface area contributed by atoms with Crippen LogP contribution in [-0.2, 0) is 11.8 Å². The summed E-state index contributed by atoms with van der Waals surface area (Å²) >= 11 is 6.18. The standard InChI is InChI=1S/C14H15ClN2/c1-4-14(2,3)12-6-5-10(7-8-16)13(15)11(12)9-17/h5-6H,4,7H2,1-3H3. The molecule has 0 amide bonds. The molecule has 0 fully saturated rings. The van der Waals surface area contributed by atoms with Crippen molar-refractivity contribution in [3.63, 3.8) is 0 Å². The van der Waals surface area contributed by atoms with E-state index >= 15 is 0 Å². The molecule has 0 radical (unpaired) electrons. The maximum atomic E-state index is 9.23. The van der Waals surface area contributed by atoms with Crippen molar-refractivity contribution in [3.8, 4) is 12.1 Å². The van der Waals surface area contributed by atoms with Crippen molar-refractivity contribution in [2.24, 2.45) is 0 Å². The van der Waals surface area contributed by atoms with Gasteiger partial charge in [0.1, 0.15) is 6.07 Å². The highest BCUT2D eigenvalue weighted by Gasteiger charge is 2.24. The molecule has 2 nitrogen and oxygen atoms in total. The molecule has 0 saturated heterocycles. The molecule has 1 rings (SSSR count). The Kier molecular flexibility index (Phi) is 4.16. The third-order valence-electron chi connectivity index (χ3n) is 3.22. The number of nitriles is 2. The molecule has 0 heterocycles. The zero-order valence-electron chi connectivity index (χ0n) is 10.3. The van der Waals surface area contributed by atoms with Crippen LogP contribution in [0.3, 0.4) is 0 Å². The molecule has 88 valence electrons. The number of hydrogen-bond donors (Lipinski definition) is 0. The SMILES string of the molecule is CCC(C)(C)c1ccc(CC#N)c(Cl)c1C#N. The quantitative estimate of drug-likeness (QED) is 0.810. The number of rotatable bonds is 3. The average Bonchev–Trinajstić information content (AvgIpc) is 2.31. The molecule has 0 unspecified atom stereocenters. The smallest absolute Gasteiger partial charge is 0.101 e. The van der Waals surface area contributed by atoms with Gasteiger partial charge in [-0.05, 0) is 23.0 Å². The Balaban J connectivity index is 3.44. The van der Waals surface area contributed by atoms with Crippen molar-refractivity contribution < 1.29 is 0 Å². The van der Waals surface area contributed by atoms with Gasteiger partial charge in [-0.25, -0.2) is 0 Å². The third kappa shape index (κ3) is 2.60. The molecule has 0 atom stereocenters. The number of nitrogens with zero attached hydrogens (tertiary/aromatic N) is 2. The lowest BCUT2D eigenvalue weighted by molar-refractivity contribution is 0.505. The van der Waals surface area contributed by atoms with Gasteiger partial charge in [0.05, 0.1) is 23.1 Å². The number of halogens is 1. The van der Waals surface area contributed by atoms with Gasteiger partial charge in [-0.1, -0.05) is 44.5 Å². The second kappa shape index (κ2) is 5.21. The first-order valence-electron chi connectivity index (χ1n) is 5.56. The van der Waals surface area contributed by atoms with Crippen LogP contribution in [0.2, 0.25) is 5.02 Å². The van der Waals surface area contributed by atoms with Crippen molar-refractivity contribution >= 4 is 11.6 Å². The Bertz CT molecular complexity index is 504. The van der Waals surface area contributed by atoms with Gasteiger partial charge < -0.3 is 0 Å². The summed E-state index contributed by atoms with van der Waals surface area (Å²) in [7, 11) is 0. The predicted octanol–water partition coefficient (Wildman–Crippen LogP) is 3.97. The first kappa shape index (κ1) is 13.6. The van der Waals surface area contributed by atoms with E-state index < -0.39 is 0 Å². The van der Waals surface area contributed by atoms with E-state index in [1.54, 1.807) is 0 Å². The predicted molar refractivity (Wildman–Crippen MR) is 68.8 cm³/mol. The first-order chi connectivity index (χ1) is 7.97. The van der Waals surface area contributed by atoms with E-state index in [4.69, 9.17) is 16.9 Å². The summed E-state index contributed by atoms with van der Waals surface area (Å²) in [6, 6.07) is 7.98. The normalized spacial score (nSPS) is 10.7. The summed E-state index contributed by atoms with van der Waals surface area (Å²) in [5.74, 6) is 0. The van der Waals surface area contributed by atoms with Crippen LogP contribution in [0.5, 0.6) is 0 Å². The Morgan fingerprint density at radius 1 is 1.29 bits per heavy atom. The molecule has 0 aromatic heterocycles. The zero-order chi connectivity index (χ0) is 13.1. The summed E-state index contributed by atoms with van der Waals surface area (Å²) in [5.41, 5.74) is 2.10. The van der Waals surface area contributed by atoms with Crippen LogP contribution in [0.1, 0.15) is 43.9 Å². The van der Waals surface area contributed by atoms with E-state index in [0.717, 1.165) is 17.5 Å². The summed E-state index contributed by atoms with van der Waals surface area (Å²) < 4.78 is 0. The van der Waals surface area contributed by atoms with Crippen LogP contribution in [-0.4, -0.2) is 0 Å². The van der Waals surface area contributed by atoms with Gasteiger partial charge in [-0.15, -0.1) is 0 Å². The lowest BCUT2D eigenvalue weighted by atomic mass is 9.79. The second-order valence-corrected chi connectivity index (χ2v) is 5.02. The van der Waals surface area contributed by atoms with Crippen LogP contribution in [0.25, 0.3) is 0 Å². The molecule has 0 aliphatic rings. The van der Waals surface area contributed by atoms with Gasteiger partial charge in [0.2, 0.25) is 0 Å². The maximum Gasteiger partial charge on any atom is 0.101 e. The van der Waals surface area contributed by atoms with Gasteiger partial charge in [-0.3, -0.25) is 0 Å². The van der Waals surface area contributed by atoms with E-state index in [9.17, 15) is 5.26 Å². The van der Waals surface area contributed by atoms with Crippen molar-refractivity contribution in [1.29, 1.82) is 10.5 Å². The lowest BCUT2D eigenvalue weighted by Crippen LogP contribution is -2.17. The minimum absolute atomic E-state index is 0.0835. The molecule has 3 heteroatoms. The number of hydrogen-bond acceptors (Lipinski definition) is 2. The average molecular weight is 247 g/mol. The Hall–Kier alpha value is -1.51. The van der Waals surface area contributed by atoms with Crippen LogP contribution in [0.4, 0.5) is 0 Å². The molecular weight excluding hydrogens is 232 g/mol. The van der Waals surface area contributed by atoms with Gasteiger partial charge in [0.15, 0.2) is 0 Å². The Morgan fingerprint density at radius 2 is 1.94 bits per heavy atom. The molecule has 1 aromatic rings. The fraction of sp³-hybridized carbons (Fsp3) is 0.429. The molecule has 0 bridgehead atoms. The van der Waals surface area contributed by atoms with E-state index in [1.807, 2.05) is 12.1 Å². The molecule has 17 heavy (non-hydrogen) atoms. The van der Waals surface area contributed by atoms with E-state index in [2.05, 4.69) is 32.9 Å². The van der Waals surface area contributed by atoms with Crippen molar-refractivity contribution in [3.05, 3.63) is 33.8 Å². The van der Waals surface area contributed by atoms with Crippen molar-refractivity contribution in [1.82, 2.24) is 0 Å². The van der Waals surface area contributed by atoms with E-state index in [-0.39, 0.29) is 11.8 Å².